The van der Waals surface area contributed by atoms with E-state index in [4.69, 9.17) is 25.8 Å². The Labute approximate surface area is 293 Å². The fraction of sp³-hybridized carbons (Fsp3) is 0.333. The van der Waals surface area contributed by atoms with Crippen LogP contribution in [0.1, 0.15) is 62.8 Å². The van der Waals surface area contributed by atoms with Crippen LogP contribution in [0.15, 0.2) is 76.6 Å². The normalized spacial score (nSPS) is 15.7. The first-order valence-electron chi connectivity index (χ1n) is 15.8. The number of aromatic nitrogens is 2. The number of ketones is 1. The number of rotatable bonds is 15. The molecule has 1 N–H and O–H groups in total. The summed E-state index contributed by atoms with van der Waals surface area (Å²) in [5.74, 6) is 0.653. The number of carbonyl (C=O) groups excluding carboxylic acids is 2. The summed E-state index contributed by atoms with van der Waals surface area (Å²) in [5, 5.41) is 21.1. The van der Waals surface area contributed by atoms with Crippen molar-refractivity contribution >= 4 is 57.3 Å². The van der Waals surface area contributed by atoms with Crippen LogP contribution in [0.25, 0.3) is 5.76 Å². The number of unbranched alkanes of at least 4 members (excludes halogenated alkanes) is 1. The lowest BCUT2D eigenvalue weighted by Gasteiger charge is -2.23. The van der Waals surface area contributed by atoms with Crippen molar-refractivity contribution in [2.75, 3.05) is 25.2 Å². The van der Waals surface area contributed by atoms with Gasteiger partial charge in [0, 0.05) is 16.3 Å². The molecular weight excluding hydrogens is 670 g/mol. The van der Waals surface area contributed by atoms with E-state index in [9.17, 15) is 14.7 Å². The van der Waals surface area contributed by atoms with E-state index >= 15 is 0 Å². The molecule has 12 heteroatoms. The largest absolute Gasteiger partial charge is 0.507 e. The molecular formula is C36H38ClN3O6S2. The van der Waals surface area contributed by atoms with Gasteiger partial charge in [0.2, 0.25) is 5.13 Å². The van der Waals surface area contributed by atoms with Gasteiger partial charge in [0.1, 0.15) is 11.5 Å². The predicted molar refractivity (Wildman–Crippen MR) is 190 cm³/mol. The molecule has 1 aliphatic rings. The second-order valence-corrected chi connectivity index (χ2v) is 14.2. The van der Waals surface area contributed by atoms with E-state index in [2.05, 4.69) is 31.0 Å². The molecule has 1 fully saturated rings. The van der Waals surface area contributed by atoms with E-state index in [-0.39, 0.29) is 16.5 Å². The van der Waals surface area contributed by atoms with Crippen LogP contribution in [-0.4, -0.2) is 47.3 Å². The molecule has 0 spiro atoms. The summed E-state index contributed by atoms with van der Waals surface area (Å²) in [7, 11) is 1.53. The molecule has 9 nitrogen and oxygen atoms in total. The lowest BCUT2D eigenvalue weighted by atomic mass is 9.95. The van der Waals surface area contributed by atoms with E-state index in [1.54, 1.807) is 42.5 Å². The SMILES string of the molecule is CCCCOc1ccc(/C(O)=C2/C(=O)C(=O)N(c3nnc(SCc4ccccc4Cl)s3)C2c2ccc(OCCC(C)C)c(OC)c2)cc1. The number of thioether (sulfide) groups is 1. The molecule has 0 aliphatic carbocycles. The summed E-state index contributed by atoms with van der Waals surface area (Å²) in [6.07, 6.45) is 2.79. The Bertz CT molecular complexity index is 1780. The summed E-state index contributed by atoms with van der Waals surface area (Å²) in [6, 6.07) is 18.6. The fourth-order valence-electron chi connectivity index (χ4n) is 5.04. The van der Waals surface area contributed by atoms with Crippen molar-refractivity contribution < 1.29 is 28.9 Å². The molecule has 0 radical (unpaired) electrons. The van der Waals surface area contributed by atoms with Gasteiger partial charge in [-0.1, -0.05) is 86.2 Å². The van der Waals surface area contributed by atoms with Gasteiger partial charge in [-0.3, -0.25) is 14.5 Å². The van der Waals surface area contributed by atoms with Crippen LogP contribution in [-0.2, 0) is 15.3 Å². The average molecular weight is 708 g/mol. The number of Topliss-reactive ketones (excluding diaryl/α,β-unsaturated/α-hetero) is 1. The molecule has 5 rings (SSSR count). The Morgan fingerprint density at radius 2 is 1.79 bits per heavy atom. The zero-order chi connectivity index (χ0) is 34.2. The van der Waals surface area contributed by atoms with Crippen LogP contribution in [0, 0.1) is 5.92 Å². The molecule has 2 heterocycles. The first-order valence-corrected chi connectivity index (χ1v) is 17.9. The number of hydrogen-bond acceptors (Lipinski definition) is 10. The molecule has 1 aromatic heterocycles. The van der Waals surface area contributed by atoms with Crippen LogP contribution in [0.5, 0.6) is 17.2 Å². The Morgan fingerprint density at radius 1 is 1.02 bits per heavy atom. The molecule has 1 atom stereocenters. The van der Waals surface area contributed by atoms with Crippen molar-refractivity contribution in [2.24, 2.45) is 5.92 Å². The average Bonchev–Trinajstić information content (AvgIpc) is 3.66. The molecule has 1 saturated heterocycles. The minimum atomic E-state index is -1.02. The van der Waals surface area contributed by atoms with E-state index in [1.807, 2.05) is 24.3 Å². The summed E-state index contributed by atoms with van der Waals surface area (Å²) in [5.41, 5.74) is 1.76. The number of hydrogen-bond donors (Lipinski definition) is 1. The Morgan fingerprint density at radius 3 is 2.50 bits per heavy atom. The standard InChI is InChI=1S/C36H38ClN3O6S2/c1-5-6-18-45-26-14-11-23(12-15-26)32(41)30-31(24-13-16-28(29(20-24)44-4)46-19-17-22(2)3)40(34(43)33(30)42)35-38-39-36(48-35)47-21-25-9-7-8-10-27(25)37/h7-16,20,22,31,41H,5-6,17-19,21H2,1-4H3/b32-30-. The molecule has 4 aromatic rings. The van der Waals surface area contributed by atoms with Crippen LogP contribution in [0.4, 0.5) is 5.13 Å². The van der Waals surface area contributed by atoms with E-state index < -0.39 is 17.7 Å². The van der Waals surface area contributed by atoms with Gasteiger partial charge < -0.3 is 19.3 Å². The number of aliphatic hydroxyl groups is 1. The van der Waals surface area contributed by atoms with Gasteiger partial charge in [-0.25, -0.2) is 0 Å². The van der Waals surface area contributed by atoms with Crippen molar-refractivity contribution in [2.45, 2.75) is 56.2 Å². The zero-order valence-corrected chi connectivity index (χ0v) is 29.7. The highest BCUT2D eigenvalue weighted by atomic mass is 35.5. The van der Waals surface area contributed by atoms with Crippen molar-refractivity contribution in [3.8, 4) is 17.2 Å². The maximum atomic E-state index is 13.8. The minimum Gasteiger partial charge on any atom is -0.507 e. The number of nitrogens with zero attached hydrogens (tertiary/aromatic N) is 3. The number of amides is 1. The number of ether oxygens (including phenoxy) is 3. The third kappa shape index (κ3) is 8.14. The highest BCUT2D eigenvalue weighted by Crippen LogP contribution is 2.46. The molecule has 48 heavy (non-hydrogen) atoms. The van der Waals surface area contributed by atoms with Crippen LogP contribution >= 0.6 is 34.7 Å². The van der Waals surface area contributed by atoms with E-state index in [0.29, 0.717) is 62.6 Å². The summed E-state index contributed by atoms with van der Waals surface area (Å²) < 4.78 is 18.0. The van der Waals surface area contributed by atoms with Crippen LogP contribution in [0.2, 0.25) is 5.02 Å². The zero-order valence-electron chi connectivity index (χ0n) is 27.3. The van der Waals surface area contributed by atoms with Crippen LogP contribution in [0.3, 0.4) is 0 Å². The molecule has 3 aromatic carbocycles. The van der Waals surface area contributed by atoms with Gasteiger partial charge in [-0.2, -0.15) is 0 Å². The lowest BCUT2D eigenvalue weighted by molar-refractivity contribution is -0.132. The maximum absolute atomic E-state index is 13.8. The third-order valence-corrected chi connectivity index (χ3v) is 10.2. The number of methoxy groups -OCH3 is 1. The van der Waals surface area contributed by atoms with E-state index in [0.717, 1.165) is 24.8 Å². The second kappa shape index (κ2) is 16.4. The molecule has 1 amide bonds. The van der Waals surface area contributed by atoms with Crippen molar-refractivity contribution in [1.82, 2.24) is 10.2 Å². The topological polar surface area (TPSA) is 111 Å². The molecule has 0 saturated carbocycles. The highest BCUT2D eigenvalue weighted by Gasteiger charge is 2.48. The summed E-state index contributed by atoms with van der Waals surface area (Å²) in [6.45, 7) is 7.40. The Hall–Kier alpha value is -4.06. The predicted octanol–water partition coefficient (Wildman–Crippen LogP) is 8.72. The van der Waals surface area contributed by atoms with Gasteiger partial charge in [-0.05, 0) is 72.4 Å². The summed E-state index contributed by atoms with van der Waals surface area (Å²) >= 11 is 8.95. The number of carbonyl (C=O) groups is 2. The Kier molecular flexibility index (Phi) is 12.0. The minimum absolute atomic E-state index is 0.0735. The van der Waals surface area contributed by atoms with Crippen LogP contribution < -0.4 is 19.1 Å². The van der Waals surface area contributed by atoms with Crippen molar-refractivity contribution in [1.29, 1.82) is 0 Å². The highest BCUT2D eigenvalue weighted by molar-refractivity contribution is 8.00. The molecule has 0 bridgehead atoms. The quantitative estimate of drug-likeness (QED) is 0.0324. The maximum Gasteiger partial charge on any atom is 0.301 e. The molecule has 1 aliphatic heterocycles. The number of benzene rings is 3. The Balaban J connectivity index is 1.53. The van der Waals surface area contributed by atoms with Crippen molar-refractivity contribution in [3.63, 3.8) is 0 Å². The first-order chi connectivity index (χ1) is 23.2. The third-order valence-electron chi connectivity index (χ3n) is 7.71. The lowest BCUT2D eigenvalue weighted by Crippen LogP contribution is -2.29. The molecule has 252 valence electrons. The second-order valence-electron chi connectivity index (χ2n) is 11.6. The van der Waals surface area contributed by atoms with Gasteiger partial charge in [-0.15, -0.1) is 10.2 Å². The van der Waals surface area contributed by atoms with Gasteiger partial charge in [0.05, 0.1) is 31.9 Å². The number of aliphatic hydroxyl groups excluding tert-OH is 1. The fourth-order valence-corrected chi connectivity index (χ4v) is 7.19. The summed E-state index contributed by atoms with van der Waals surface area (Å²) in [4.78, 5) is 28.8. The first kappa shape index (κ1) is 35.3. The molecule has 1 unspecified atom stereocenters. The number of halogens is 1. The number of anilines is 1. The van der Waals surface area contributed by atoms with E-state index in [1.165, 1.54) is 35.1 Å². The van der Waals surface area contributed by atoms with Crippen molar-refractivity contribution in [3.05, 3.63) is 94.0 Å². The van der Waals surface area contributed by atoms with Gasteiger partial charge in [0.15, 0.2) is 15.8 Å². The van der Waals surface area contributed by atoms with Gasteiger partial charge >= 0.3 is 5.91 Å². The smallest absolute Gasteiger partial charge is 0.301 e. The van der Waals surface area contributed by atoms with Gasteiger partial charge in [0.25, 0.3) is 5.78 Å². The monoisotopic (exact) mass is 707 g/mol.